The van der Waals surface area contributed by atoms with E-state index in [4.69, 9.17) is 0 Å². The zero-order valence-corrected chi connectivity index (χ0v) is 9.79. The molecule has 0 saturated carbocycles. The van der Waals surface area contributed by atoms with E-state index in [1.54, 1.807) is 0 Å². The second-order valence-electron chi connectivity index (χ2n) is 3.13. The van der Waals surface area contributed by atoms with Gasteiger partial charge in [0.15, 0.2) is 0 Å². The van der Waals surface area contributed by atoms with Gasteiger partial charge in [0.1, 0.15) is 0 Å². The highest BCUT2D eigenvalue weighted by Crippen LogP contribution is 2.32. The summed E-state index contributed by atoms with van der Waals surface area (Å²) in [5.74, 6) is 0. The summed E-state index contributed by atoms with van der Waals surface area (Å²) in [6.07, 6.45) is 6.87. The molecule has 0 spiro atoms. The summed E-state index contributed by atoms with van der Waals surface area (Å²) in [6, 6.07) is 0. The Balaban J connectivity index is 3.06. The summed E-state index contributed by atoms with van der Waals surface area (Å²) >= 11 is 0. The molecule has 1 nitrogen and oxygen atoms in total. The van der Waals surface area contributed by atoms with Crippen molar-refractivity contribution in [3.05, 3.63) is 0 Å². The minimum Gasteiger partial charge on any atom is -0.316 e. The van der Waals surface area contributed by atoms with Crippen molar-refractivity contribution in [3.63, 3.8) is 0 Å². The van der Waals surface area contributed by atoms with Crippen LogP contribution in [-0.4, -0.2) is 31.6 Å². The molecular formula is C10H24NP. The van der Waals surface area contributed by atoms with Gasteiger partial charge in [0.25, 0.3) is 0 Å². The van der Waals surface area contributed by atoms with Gasteiger partial charge in [0.2, 0.25) is 0 Å². The molecular weight excluding hydrogens is 165 g/mol. The number of nitrogens with one attached hydrogen (secondary N) is 1. The molecule has 0 aliphatic rings. The van der Waals surface area contributed by atoms with Crippen molar-refractivity contribution in [2.24, 2.45) is 0 Å². The van der Waals surface area contributed by atoms with Gasteiger partial charge in [-0.1, -0.05) is 27.2 Å². The van der Waals surface area contributed by atoms with E-state index in [2.05, 4.69) is 26.1 Å². The average molecular weight is 189 g/mol. The number of hydrogen-bond donors (Lipinski definition) is 1. The summed E-state index contributed by atoms with van der Waals surface area (Å²) in [6.45, 7) is 9.34. The quantitative estimate of drug-likeness (QED) is 0.457. The first kappa shape index (κ1) is 12.4. The Morgan fingerprint density at radius 1 is 1.00 bits per heavy atom. The molecule has 0 atom stereocenters. The van der Waals surface area contributed by atoms with Gasteiger partial charge in [-0.3, -0.25) is 0 Å². The lowest BCUT2D eigenvalue weighted by Gasteiger charge is -2.13. The van der Waals surface area contributed by atoms with Gasteiger partial charge in [-0.15, -0.1) is 7.92 Å². The largest absolute Gasteiger partial charge is 0.316 e. The molecule has 0 unspecified atom stereocenters. The van der Waals surface area contributed by atoms with E-state index in [0.717, 1.165) is 0 Å². The van der Waals surface area contributed by atoms with Crippen LogP contribution in [0.25, 0.3) is 0 Å². The van der Waals surface area contributed by atoms with Crippen LogP contribution in [0.3, 0.4) is 0 Å². The van der Waals surface area contributed by atoms with Crippen molar-refractivity contribution in [3.8, 4) is 0 Å². The first-order valence-electron chi connectivity index (χ1n) is 5.28. The molecule has 0 aromatic carbocycles. The maximum absolute atomic E-state index is 3.50. The minimum absolute atomic E-state index is 0.360. The first-order valence-corrected chi connectivity index (χ1v) is 7.17. The van der Waals surface area contributed by atoms with E-state index < -0.39 is 0 Å². The van der Waals surface area contributed by atoms with Crippen molar-refractivity contribution >= 4 is 7.92 Å². The van der Waals surface area contributed by atoms with E-state index in [1.165, 1.54) is 44.4 Å². The second-order valence-corrected chi connectivity index (χ2v) is 6.18. The molecule has 0 aromatic heterocycles. The lowest BCUT2D eigenvalue weighted by Crippen LogP contribution is -2.19. The van der Waals surface area contributed by atoms with Crippen LogP contribution >= 0.6 is 7.92 Å². The SMILES string of the molecule is CCCCNCCP(CC)CC. The van der Waals surface area contributed by atoms with E-state index in [0.29, 0.717) is 7.92 Å². The molecule has 0 heterocycles. The van der Waals surface area contributed by atoms with Gasteiger partial charge < -0.3 is 5.32 Å². The fourth-order valence-electron chi connectivity index (χ4n) is 1.20. The van der Waals surface area contributed by atoms with Gasteiger partial charge >= 0.3 is 0 Å². The van der Waals surface area contributed by atoms with E-state index >= 15 is 0 Å². The maximum Gasteiger partial charge on any atom is -0.000950 e. The highest BCUT2D eigenvalue weighted by atomic mass is 31.1. The van der Waals surface area contributed by atoms with Gasteiger partial charge in [0.05, 0.1) is 0 Å². The normalized spacial score (nSPS) is 11.0. The highest BCUT2D eigenvalue weighted by Gasteiger charge is 2.00. The Morgan fingerprint density at radius 2 is 1.67 bits per heavy atom. The summed E-state index contributed by atoms with van der Waals surface area (Å²) < 4.78 is 0. The van der Waals surface area contributed by atoms with Crippen LogP contribution < -0.4 is 5.32 Å². The third-order valence-electron chi connectivity index (χ3n) is 2.21. The predicted octanol–water partition coefficient (Wildman–Crippen LogP) is 2.90. The summed E-state index contributed by atoms with van der Waals surface area (Å²) in [5, 5.41) is 3.50. The van der Waals surface area contributed by atoms with E-state index in [1.807, 2.05) is 0 Å². The fraction of sp³-hybridized carbons (Fsp3) is 1.00. The topological polar surface area (TPSA) is 12.0 Å². The average Bonchev–Trinajstić information content (AvgIpc) is 2.11. The Bertz CT molecular complexity index is 81.9. The summed E-state index contributed by atoms with van der Waals surface area (Å²) in [4.78, 5) is 0. The highest BCUT2D eigenvalue weighted by molar-refractivity contribution is 7.57. The zero-order chi connectivity index (χ0) is 9.23. The Morgan fingerprint density at radius 3 is 2.17 bits per heavy atom. The summed E-state index contributed by atoms with van der Waals surface area (Å²) in [7, 11) is 0.360. The number of hydrogen-bond acceptors (Lipinski definition) is 1. The van der Waals surface area contributed by atoms with E-state index in [-0.39, 0.29) is 0 Å². The molecule has 0 aromatic rings. The van der Waals surface area contributed by atoms with Crippen molar-refractivity contribution in [1.82, 2.24) is 5.32 Å². The molecule has 0 saturated heterocycles. The molecule has 1 N–H and O–H groups in total. The van der Waals surface area contributed by atoms with Crippen molar-refractivity contribution in [2.45, 2.75) is 33.6 Å². The molecule has 0 aliphatic carbocycles. The van der Waals surface area contributed by atoms with Crippen LogP contribution in [0.2, 0.25) is 0 Å². The third kappa shape index (κ3) is 7.06. The van der Waals surface area contributed by atoms with Gasteiger partial charge in [-0.25, -0.2) is 0 Å². The van der Waals surface area contributed by atoms with Gasteiger partial charge in [-0.05, 0) is 38.0 Å². The minimum atomic E-state index is 0.360. The molecule has 0 rings (SSSR count). The summed E-state index contributed by atoms with van der Waals surface area (Å²) in [5.41, 5.74) is 0. The van der Waals surface area contributed by atoms with Crippen molar-refractivity contribution in [2.75, 3.05) is 31.6 Å². The molecule has 0 bridgehead atoms. The second kappa shape index (κ2) is 9.48. The van der Waals surface area contributed by atoms with Crippen LogP contribution in [0, 0.1) is 0 Å². The molecule has 0 fully saturated rings. The molecule has 2 heteroatoms. The third-order valence-corrected chi connectivity index (χ3v) is 4.85. The standard InChI is InChI=1S/C10H24NP/c1-4-7-8-11-9-10-12(5-2)6-3/h11H,4-10H2,1-3H3. The van der Waals surface area contributed by atoms with Crippen LogP contribution in [0.15, 0.2) is 0 Å². The lowest BCUT2D eigenvalue weighted by atomic mass is 10.3. The van der Waals surface area contributed by atoms with Crippen LogP contribution in [0.5, 0.6) is 0 Å². The van der Waals surface area contributed by atoms with Crippen LogP contribution in [0.4, 0.5) is 0 Å². The Kier molecular flexibility index (Phi) is 9.79. The molecule has 12 heavy (non-hydrogen) atoms. The first-order chi connectivity index (χ1) is 5.85. The van der Waals surface area contributed by atoms with E-state index in [9.17, 15) is 0 Å². The maximum atomic E-state index is 3.50. The number of unbranched alkanes of at least 4 members (excludes halogenated alkanes) is 1. The monoisotopic (exact) mass is 189 g/mol. The predicted molar refractivity (Wildman–Crippen MR) is 60.6 cm³/mol. The zero-order valence-electron chi connectivity index (χ0n) is 8.90. The lowest BCUT2D eigenvalue weighted by molar-refractivity contribution is 0.665. The van der Waals surface area contributed by atoms with Crippen LogP contribution in [-0.2, 0) is 0 Å². The molecule has 0 radical (unpaired) electrons. The molecule has 0 aliphatic heterocycles. The molecule has 0 amide bonds. The van der Waals surface area contributed by atoms with Gasteiger partial charge in [-0.2, -0.15) is 0 Å². The fourth-order valence-corrected chi connectivity index (χ4v) is 2.76. The van der Waals surface area contributed by atoms with Crippen LogP contribution in [0.1, 0.15) is 33.6 Å². The van der Waals surface area contributed by atoms with Gasteiger partial charge in [0, 0.05) is 0 Å². The van der Waals surface area contributed by atoms with Crippen molar-refractivity contribution < 1.29 is 0 Å². The van der Waals surface area contributed by atoms with Crippen molar-refractivity contribution in [1.29, 1.82) is 0 Å². The Hall–Kier alpha value is 0.390. The smallest absolute Gasteiger partial charge is 0.000950 e. The number of rotatable bonds is 8. The Labute approximate surface area is 79.1 Å². The molecule has 74 valence electrons.